The van der Waals surface area contributed by atoms with E-state index in [9.17, 15) is 19.2 Å². The number of carbonyl (C=O) groups excluding carboxylic acids is 4. The molecule has 0 heterocycles. The highest BCUT2D eigenvalue weighted by Crippen LogP contribution is 2.20. The first-order chi connectivity index (χ1) is 21.7. The lowest BCUT2D eigenvalue weighted by atomic mass is 10.0. The third kappa shape index (κ3) is 19.2. The van der Waals surface area contributed by atoms with Gasteiger partial charge in [-0.1, -0.05) is 96.0 Å². The molecule has 0 saturated heterocycles. The summed E-state index contributed by atoms with van der Waals surface area (Å²) in [5, 5.41) is 0. The molecule has 1 aromatic rings. The van der Waals surface area contributed by atoms with Crippen LogP contribution in [0.25, 0.3) is 0 Å². The van der Waals surface area contributed by atoms with E-state index in [4.69, 9.17) is 18.9 Å². The summed E-state index contributed by atoms with van der Waals surface area (Å²) >= 11 is 0. The van der Waals surface area contributed by atoms with Gasteiger partial charge in [-0.2, -0.15) is 0 Å². The van der Waals surface area contributed by atoms with Gasteiger partial charge in [0.2, 0.25) is 5.91 Å². The van der Waals surface area contributed by atoms with Crippen LogP contribution in [0, 0.1) is 5.92 Å². The molecule has 256 valence electrons. The Labute approximate surface area is 271 Å². The Morgan fingerprint density at radius 1 is 0.733 bits per heavy atom. The SMILES string of the molecule is CCCCCCC(CCN(C(=O)CC(=O)OCC(C)C)C(CCCCCCC(=O)OCC)C(=O)OCC)OCc1ccccc1. The van der Waals surface area contributed by atoms with Crippen molar-refractivity contribution >= 4 is 23.8 Å². The summed E-state index contributed by atoms with van der Waals surface area (Å²) < 4.78 is 22.1. The maximum atomic E-state index is 13.6. The van der Waals surface area contributed by atoms with Gasteiger partial charge in [-0.3, -0.25) is 14.4 Å². The Morgan fingerprint density at radius 2 is 1.40 bits per heavy atom. The number of carbonyl (C=O) groups is 4. The number of unbranched alkanes of at least 4 members (excludes halogenated alkanes) is 6. The molecule has 0 aliphatic rings. The average Bonchev–Trinajstić information content (AvgIpc) is 3.01. The van der Waals surface area contributed by atoms with Gasteiger partial charge in [0.15, 0.2) is 0 Å². The van der Waals surface area contributed by atoms with E-state index in [1.54, 1.807) is 13.8 Å². The summed E-state index contributed by atoms with van der Waals surface area (Å²) in [6.45, 7) is 11.1. The first kappa shape index (κ1) is 40.1. The first-order valence-corrected chi connectivity index (χ1v) is 17.1. The molecule has 2 unspecified atom stereocenters. The van der Waals surface area contributed by atoms with E-state index in [1.807, 2.05) is 44.2 Å². The van der Waals surface area contributed by atoms with Crippen LogP contribution in [-0.2, 0) is 44.7 Å². The molecule has 0 saturated carbocycles. The zero-order valence-electron chi connectivity index (χ0n) is 28.6. The first-order valence-electron chi connectivity index (χ1n) is 17.1. The number of ether oxygens (including phenoxy) is 4. The van der Waals surface area contributed by atoms with Gasteiger partial charge in [0.05, 0.1) is 32.5 Å². The molecule has 45 heavy (non-hydrogen) atoms. The topological polar surface area (TPSA) is 108 Å². The number of benzene rings is 1. The maximum Gasteiger partial charge on any atom is 0.328 e. The van der Waals surface area contributed by atoms with Gasteiger partial charge in [-0.15, -0.1) is 0 Å². The van der Waals surface area contributed by atoms with Crippen LogP contribution in [0.4, 0.5) is 0 Å². The molecule has 1 aromatic carbocycles. The number of hydrogen-bond donors (Lipinski definition) is 0. The third-order valence-corrected chi connectivity index (χ3v) is 7.44. The average molecular weight is 634 g/mol. The number of nitrogens with zero attached hydrogens (tertiary/aromatic N) is 1. The van der Waals surface area contributed by atoms with Crippen molar-refractivity contribution in [2.24, 2.45) is 5.92 Å². The van der Waals surface area contributed by atoms with Crippen LogP contribution in [0.5, 0.6) is 0 Å². The summed E-state index contributed by atoms with van der Waals surface area (Å²) in [5.74, 6) is -1.58. The van der Waals surface area contributed by atoms with Gasteiger partial charge >= 0.3 is 17.9 Å². The maximum absolute atomic E-state index is 13.6. The zero-order valence-corrected chi connectivity index (χ0v) is 28.6. The fourth-order valence-electron chi connectivity index (χ4n) is 5.00. The zero-order chi connectivity index (χ0) is 33.3. The Hall–Kier alpha value is -2.94. The number of amides is 1. The van der Waals surface area contributed by atoms with Crippen molar-refractivity contribution in [2.45, 2.75) is 137 Å². The molecule has 2 atom stereocenters. The van der Waals surface area contributed by atoms with Gasteiger partial charge in [0.25, 0.3) is 0 Å². The van der Waals surface area contributed by atoms with E-state index < -0.39 is 30.3 Å². The molecule has 0 bridgehead atoms. The van der Waals surface area contributed by atoms with E-state index >= 15 is 0 Å². The second-order valence-electron chi connectivity index (χ2n) is 11.9. The van der Waals surface area contributed by atoms with Crippen molar-refractivity contribution < 1.29 is 38.1 Å². The van der Waals surface area contributed by atoms with Crippen LogP contribution in [0.3, 0.4) is 0 Å². The quantitative estimate of drug-likeness (QED) is 0.0457. The Kier molecular flexibility index (Phi) is 22.5. The normalized spacial score (nSPS) is 12.4. The fraction of sp³-hybridized carbons (Fsp3) is 0.722. The van der Waals surface area contributed by atoms with Crippen molar-refractivity contribution in [3.8, 4) is 0 Å². The van der Waals surface area contributed by atoms with Crippen LogP contribution in [0.2, 0.25) is 0 Å². The minimum absolute atomic E-state index is 0.115. The lowest BCUT2D eigenvalue weighted by molar-refractivity contribution is -0.159. The van der Waals surface area contributed by atoms with Crippen molar-refractivity contribution in [1.82, 2.24) is 4.90 Å². The second-order valence-corrected chi connectivity index (χ2v) is 11.9. The predicted octanol–water partition coefficient (Wildman–Crippen LogP) is 7.19. The highest BCUT2D eigenvalue weighted by Gasteiger charge is 2.32. The van der Waals surface area contributed by atoms with Gasteiger partial charge in [-0.05, 0) is 51.0 Å². The molecule has 9 nitrogen and oxygen atoms in total. The van der Waals surface area contributed by atoms with Crippen LogP contribution < -0.4 is 0 Å². The predicted molar refractivity (Wildman–Crippen MR) is 175 cm³/mol. The van der Waals surface area contributed by atoms with E-state index in [-0.39, 0.29) is 37.7 Å². The van der Waals surface area contributed by atoms with E-state index in [2.05, 4.69) is 6.92 Å². The van der Waals surface area contributed by atoms with Crippen molar-refractivity contribution in [1.29, 1.82) is 0 Å². The molecule has 0 aliphatic heterocycles. The molecule has 1 amide bonds. The molecule has 0 N–H and O–H groups in total. The lowest BCUT2D eigenvalue weighted by Crippen LogP contribution is -2.47. The number of rotatable bonds is 26. The van der Waals surface area contributed by atoms with E-state index in [0.717, 1.165) is 50.5 Å². The summed E-state index contributed by atoms with van der Waals surface area (Å²) in [6, 6.07) is 9.16. The minimum Gasteiger partial charge on any atom is -0.466 e. The third-order valence-electron chi connectivity index (χ3n) is 7.44. The molecule has 0 radical (unpaired) electrons. The smallest absolute Gasteiger partial charge is 0.328 e. The minimum atomic E-state index is -0.824. The van der Waals surface area contributed by atoms with Crippen molar-refractivity contribution in [3.63, 3.8) is 0 Å². The molecule has 0 aliphatic carbocycles. The largest absolute Gasteiger partial charge is 0.466 e. The Balaban J connectivity index is 3.05. The summed E-state index contributed by atoms with van der Waals surface area (Å²) in [5.41, 5.74) is 1.07. The highest BCUT2D eigenvalue weighted by molar-refractivity contribution is 5.96. The van der Waals surface area contributed by atoms with Crippen LogP contribution in [0.1, 0.15) is 124 Å². The molecular formula is C36H59NO8. The molecule has 1 rings (SSSR count). The van der Waals surface area contributed by atoms with Gasteiger partial charge in [-0.25, -0.2) is 4.79 Å². The van der Waals surface area contributed by atoms with Crippen LogP contribution >= 0.6 is 0 Å². The number of esters is 3. The fourth-order valence-corrected chi connectivity index (χ4v) is 5.00. The molecule has 9 heteroatoms. The molecule has 0 aromatic heterocycles. The summed E-state index contributed by atoms with van der Waals surface area (Å²) in [7, 11) is 0. The monoisotopic (exact) mass is 633 g/mol. The van der Waals surface area contributed by atoms with Crippen molar-refractivity contribution in [2.75, 3.05) is 26.4 Å². The molecule has 0 spiro atoms. The number of hydrogen-bond acceptors (Lipinski definition) is 8. The van der Waals surface area contributed by atoms with Crippen LogP contribution in [0.15, 0.2) is 30.3 Å². The van der Waals surface area contributed by atoms with Gasteiger partial charge < -0.3 is 23.8 Å². The Bertz CT molecular complexity index is 952. The van der Waals surface area contributed by atoms with Gasteiger partial charge in [0, 0.05) is 13.0 Å². The van der Waals surface area contributed by atoms with E-state index in [0.29, 0.717) is 45.3 Å². The molecular weight excluding hydrogens is 574 g/mol. The Morgan fingerprint density at radius 3 is 2.07 bits per heavy atom. The molecule has 0 fully saturated rings. The second kappa shape index (κ2) is 25.3. The van der Waals surface area contributed by atoms with Crippen LogP contribution in [-0.4, -0.2) is 67.2 Å². The highest BCUT2D eigenvalue weighted by atomic mass is 16.5. The summed E-state index contributed by atoms with van der Waals surface area (Å²) in [6.07, 6.45) is 8.94. The summed E-state index contributed by atoms with van der Waals surface area (Å²) in [4.78, 5) is 52.6. The van der Waals surface area contributed by atoms with Gasteiger partial charge in [0.1, 0.15) is 12.5 Å². The standard InChI is InChI=1S/C36H59NO8/c1-6-9-10-16-21-31(44-28-30-19-14-13-15-20-30)24-25-37(33(38)26-35(40)45-27-29(4)5)32(36(41)43-8-3)22-17-11-12-18-23-34(39)42-7-2/h13-15,19-20,29,31-32H,6-12,16-18,21-28H2,1-5H3. The lowest BCUT2D eigenvalue weighted by Gasteiger charge is -2.32. The van der Waals surface area contributed by atoms with Crippen molar-refractivity contribution in [3.05, 3.63) is 35.9 Å². The van der Waals surface area contributed by atoms with E-state index in [1.165, 1.54) is 4.90 Å².